The van der Waals surface area contributed by atoms with E-state index >= 15 is 0 Å². The normalized spacial score (nSPS) is 12.4. The maximum Gasteiger partial charge on any atom is 0.344 e. The van der Waals surface area contributed by atoms with Crippen LogP contribution in [0.3, 0.4) is 0 Å². The highest BCUT2D eigenvalue weighted by Gasteiger charge is 2.20. The minimum atomic E-state index is -0.979. The van der Waals surface area contributed by atoms with Gasteiger partial charge >= 0.3 is 5.97 Å². The maximum atomic E-state index is 12.4. The number of amides is 1. The van der Waals surface area contributed by atoms with E-state index < -0.39 is 18.0 Å². The van der Waals surface area contributed by atoms with E-state index in [2.05, 4.69) is 19.2 Å². The van der Waals surface area contributed by atoms with Gasteiger partial charge in [0.15, 0.2) is 12.7 Å². The number of ether oxygens (including phenoxy) is 2. The van der Waals surface area contributed by atoms with Crippen LogP contribution in [0.5, 0.6) is 5.75 Å². The summed E-state index contributed by atoms with van der Waals surface area (Å²) in [5.41, 5.74) is 2.07. The highest BCUT2D eigenvalue weighted by molar-refractivity contribution is 5.95. The second-order valence-corrected chi connectivity index (χ2v) is 6.41. The Hall–Kier alpha value is -3.33. The van der Waals surface area contributed by atoms with Crippen molar-refractivity contribution in [2.75, 3.05) is 11.9 Å². The van der Waals surface area contributed by atoms with Gasteiger partial charge in [-0.25, -0.2) is 4.79 Å². The summed E-state index contributed by atoms with van der Waals surface area (Å²) in [7, 11) is 0. The molecule has 2 rings (SSSR count). The number of hydrogen-bond acceptors (Lipinski definition) is 5. The predicted octanol–water partition coefficient (Wildman–Crippen LogP) is 4.02. The van der Waals surface area contributed by atoms with E-state index in [-0.39, 0.29) is 6.61 Å². The van der Waals surface area contributed by atoms with Crippen LogP contribution >= 0.6 is 0 Å². The van der Waals surface area contributed by atoms with Crippen LogP contribution < -0.4 is 10.1 Å². The number of benzene rings is 2. The Morgan fingerprint density at radius 2 is 1.79 bits per heavy atom. The first-order valence-corrected chi connectivity index (χ1v) is 9.17. The largest absolute Gasteiger partial charge is 0.481 e. The van der Waals surface area contributed by atoms with Crippen molar-refractivity contribution < 1.29 is 19.1 Å². The molecule has 0 aliphatic heterocycles. The third-order valence-corrected chi connectivity index (χ3v) is 4.39. The fraction of sp³-hybridized carbons (Fsp3) is 0.318. The Bertz CT molecular complexity index is 873. The van der Waals surface area contributed by atoms with Crippen molar-refractivity contribution >= 4 is 17.6 Å². The number of carbonyl (C=O) groups is 2. The maximum absolute atomic E-state index is 12.4. The van der Waals surface area contributed by atoms with Gasteiger partial charge in [0.05, 0.1) is 5.56 Å². The molecule has 0 aromatic heterocycles. The summed E-state index contributed by atoms with van der Waals surface area (Å²) in [5, 5.41) is 11.8. The zero-order chi connectivity index (χ0) is 20.5. The lowest BCUT2D eigenvalue weighted by Gasteiger charge is -2.18. The van der Waals surface area contributed by atoms with Crippen LogP contribution in [0.2, 0.25) is 0 Å². The van der Waals surface area contributed by atoms with Gasteiger partial charge in [-0.1, -0.05) is 44.2 Å². The second kappa shape index (κ2) is 10.1. The molecule has 0 radical (unpaired) electrons. The van der Waals surface area contributed by atoms with Crippen molar-refractivity contribution in [1.82, 2.24) is 0 Å². The number of hydrogen-bond donors (Lipinski definition) is 1. The van der Waals surface area contributed by atoms with Crippen LogP contribution in [0, 0.1) is 11.3 Å². The van der Waals surface area contributed by atoms with Gasteiger partial charge in [-0.3, -0.25) is 4.79 Å². The van der Waals surface area contributed by atoms with Crippen LogP contribution in [0.25, 0.3) is 0 Å². The molecule has 0 heterocycles. The second-order valence-electron chi connectivity index (χ2n) is 6.41. The van der Waals surface area contributed by atoms with Crippen molar-refractivity contribution in [1.29, 1.82) is 5.26 Å². The average molecular weight is 380 g/mol. The zero-order valence-corrected chi connectivity index (χ0v) is 16.3. The van der Waals surface area contributed by atoms with E-state index in [1.807, 2.05) is 30.3 Å². The average Bonchev–Trinajstić information content (AvgIpc) is 2.72. The molecule has 0 bridgehead atoms. The van der Waals surface area contributed by atoms with Gasteiger partial charge in [0.25, 0.3) is 5.91 Å². The van der Waals surface area contributed by atoms with Crippen molar-refractivity contribution in [3.05, 3.63) is 59.7 Å². The first-order valence-electron chi connectivity index (χ1n) is 9.17. The highest BCUT2D eigenvalue weighted by Crippen LogP contribution is 2.26. The molecule has 1 N–H and O–H groups in total. The van der Waals surface area contributed by atoms with Gasteiger partial charge in [0, 0.05) is 5.69 Å². The van der Waals surface area contributed by atoms with E-state index in [0.717, 1.165) is 12.0 Å². The molecule has 1 amide bonds. The molecule has 0 aliphatic carbocycles. The molecule has 2 aromatic carbocycles. The van der Waals surface area contributed by atoms with Crippen molar-refractivity contribution in [2.45, 2.75) is 39.2 Å². The monoisotopic (exact) mass is 380 g/mol. The quantitative estimate of drug-likeness (QED) is 0.699. The molecule has 28 heavy (non-hydrogen) atoms. The number of esters is 1. The fourth-order valence-corrected chi connectivity index (χ4v) is 2.60. The summed E-state index contributed by atoms with van der Waals surface area (Å²) in [6, 6.07) is 16.1. The Morgan fingerprint density at radius 3 is 2.50 bits per heavy atom. The summed E-state index contributed by atoms with van der Waals surface area (Å²) >= 11 is 0. The third-order valence-electron chi connectivity index (χ3n) is 4.39. The molecule has 0 fully saturated rings. The lowest BCUT2D eigenvalue weighted by Crippen LogP contribution is -2.32. The summed E-state index contributed by atoms with van der Waals surface area (Å²) in [5.74, 6) is -0.517. The first kappa shape index (κ1) is 21.0. The Kier molecular flexibility index (Phi) is 7.58. The van der Waals surface area contributed by atoms with Gasteiger partial charge < -0.3 is 14.8 Å². The molecule has 146 valence electrons. The van der Waals surface area contributed by atoms with Crippen molar-refractivity contribution in [2.24, 2.45) is 0 Å². The van der Waals surface area contributed by atoms with Crippen LogP contribution in [-0.2, 0) is 14.3 Å². The van der Waals surface area contributed by atoms with Crippen LogP contribution in [0.1, 0.15) is 44.2 Å². The number of nitriles is 1. The number of nitrogens with zero attached hydrogens (tertiary/aromatic N) is 1. The topological polar surface area (TPSA) is 88.4 Å². The molecule has 2 atom stereocenters. The molecule has 0 aliphatic rings. The van der Waals surface area contributed by atoms with E-state index in [1.165, 1.54) is 6.92 Å². The zero-order valence-electron chi connectivity index (χ0n) is 16.3. The number of anilines is 1. The number of rotatable bonds is 8. The minimum absolute atomic E-state index is 0.293. The first-order chi connectivity index (χ1) is 13.5. The Balaban J connectivity index is 1.92. The SMILES string of the molecule is CC[C@H](C)c1ccccc1NC(=O)[C@@H](C)OC(=O)COc1ccccc1C#N. The van der Waals surface area contributed by atoms with E-state index in [9.17, 15) is 9.59 Å². The summed E-state index contributed by atoms with van der Waals surface area (Å²) < 4.78 is 10.5. The molecule has 0 saturated carbocycles. The molecule has 0 saturated heterocycles. The van der Waals surface area contributed by atoms with Crippen molar-refractivity contribution in [3.63, 3.8) is 0 Å². The van der Waals surface area contributed by atoms with Crippen molar-refractivity contribution in [3.8, 4) is 11.8 Å². The van der Waals surface area contributed by atoms with Gasteiger partial charge in [0.1, 0.15) is 11.8 Å². The lowest BCUT2D eigenvalue weighted by atomic mass is 9.97. The summed E-state index contributed by atoms with van der Waals surface area (Å²) in [6.45, 7) is 5.28. The molecule has 0 unspecified atom stereocenters. The van der Waals surface area contributed by atoms with Gasteiger partial charge in [-0.15, -0.1) is 0 Å². The Morgan fingerprint density at radius 1 is 1.11 bits per heavy atom. The predicted molar refractivity (Wildman–Crippen MR) is 106 cm³/mol. The Labute approximate surface area is 165 Å². The van der Waals surface area contributed by atoms with Gasteiger partial charge in [0.2, 0.25) is 0 Å². The summed E-state index contributed by atoms with van der Waals surface area (Å²) in [4.78, 5) is 24.4. The summed E-state index contributed by atoms with van der Waals surface area (Å²) in [6.07, 6.45) is -0.0360. The minimum Gasteiger partial charge on any atom is -0.481 e. The molecular weight excluding hydrogens is 356 g/mol. The molecular formula is C22H24N2O4. The molecule has 0 spiro atoms. The molecule has 6 nitrogen and oxygen atoms in total. The fourth-order valence-electron chi connectivity index (χ4n) is 2.60. The van der Waals surface area contributed by atoms with Crippen LogP contribution in [-0.4, -0.2) is 24.6 Å². The lowest BCUT2D eigenvalue weighted by molar-refractivity contribution is -0.155. The smallest absolute Gasteiger partial charge is 0.344 e. The van der Waals surface area contributed by atoms with Crippen LogP contribution in [0.15, 0.2) is 48.5 Å². The number of carbonyl (C=O) groups excluding carboxylic acids is 2. The molecule has 6 heteroatoms. The van der Waals surface area contributed by atoms with E-state index in [1.54, 1.807) is 24.3 Å². The van der Waals surface area contributed by atoms with Crippen LogP contribution in [0.4, 0.5) is 5.69 Å². The van der Waals surface area contributed by atoms with E-state index in [4.69, 9.17) is 14.7 Å². The third kappa shape index (κ3) is 5.58. The molecule has 2 aromatic rings. The number of nitrogens with one attached hydrogen (secondary N) is 1. The highest BCUT2D eigenvalue weighted by atomic mass is 16.6. The number of para-hydroxylation sites is 2. The van der Waals surface area contributed by atoms with Gasteiger partial charge in [-0.2, -0.15) is 5.26 Å². The van der Waals surface area contributed by atoms with Gasteiger partial charge in [-0.05, 0) is 43.0 Å². The standard InChI is InChI=1S/C22H24N2O4/c1-4-15(2)18-10-6-7-11-19(18)24-22(26)16(3)28-21(25)14-27-20-12-8-5-9-17(20)13-23/h5-12,15-16H,4,14H2,1-3H3,(H,24,26)/t15-,16+/m0/s1. The van der Waals surface area contributed by atoms with E-state index in [0.29, 0.717) is 22.9 Å².